The van der Waals surface area contributed by atoms with Gasteiger partial charge in [0.25, 0.3) is 5.91 Å². The minimum atomic E-state index is -0.481. The van der Waals surface area contributed by atoms with Crippen LogP contribution in [0.25, 0.3) is 11.1 Å². The summed E-state index contributed by atoms with van der Waals surface area (Å²) >= 11 is 0. The number of amides is 3. The topological polar surface area (TPSA) is 91.0 Å². The van der Waals surface area contributed by atoms with E-state index in [1.165, 1.54) is 0 Å². The van der Waals surface area contributed by atoms with Crippen LogP contribution >= 0.6 is 0 Å². The van der Waals surface area contributed by atoms with Crippen LogP contribution in [0, 0.1) is 5.92 Å². The lowest BCUT2D eigenvalue weighted by Gasteiger charge is -2.19. The molecule has 0 saturated carbocycles. The van der Waals surface area contributed by atoms with Crippen LogP contribution in [0.15, 0.2) is 54.6 Å². The second-order valence-electron chi connectivity index (χ2n) is 7.73. The number of hydrogen-bond donors (Lipinski definition) is 2. The molecule has 0 aliphatic carbocycles. The first-order valence-electron chi connectivity index (χ1n) is 10.2. The van der Waals surface area contributed by atoms with Gasteiger partial charge in [0.1, 0.15) is 5.75 Å². The first-order valence-corrected chi connectivity index (χ1v) is 10.2. The van der Waals surface area contributed by atoms with Gasteiger partial charge < -0.3 is 14.5 Å². The molecule has 1 aliphatic heterocycles. The Balaban J connectivity index is 1.46. The Morgan fingerprint density at radius 1 is 1.06 bits per heavy atom. The van der Waals surface area contributed by atoms with Crippen LogP contribution in [0.5, 0.6) is 5.75 Å². The molecule has 1 fully saturated rings. The number of para-hydroxylation sites is 1. The molecular weight excluding hydrogens is 396 g/mol. The number of ether oxygens (including phenoxy) is 1. The molecule has 8 heteroatoms. The number of hydrogen-bond acceptors (Lipinski definition) is 5. The van der Waals surface area contributed by atoms with Crippen molar-refractivity contribution in [3.63, 3.8) is 0 Å². The molecule has 1 saturated heterocycles. The number of nitrogens with zero attached hydrogens (tertiary/aromatic N) is 2. The normalized spacial score (nSPS) is 15.8. The summed E-state index contributed by atoms with van der Waals surface area (Å²) in [6.07, 6.45) is 0.149. The minimum Gasteiger partial charge on any atom is -0.483 e. The van der Waals surface area contributed by atoms with E-state index in [1.54, 1.807) is 11.0 Å². The summed E-state index contributed by atoms with van der Waals surface area (Å²) in [5, 5.41) is 0. The third-order valence-electron chi connectivity index (χ3n) is 5.06. The van der Waals surface area contributed by atoms with Crippen molar-refractivity contribution in [1.29, 1.82) is 0 Å². The van der Waals surface area contributed by atoms with Crippen LogP contribution < -0.4 is 15.6 Å². The second kappa shape index (κ2) is 10.6. The highest BCUT2D eigenvalue weighted by atomic mass is 16.5. The van der Waals surface area contributed by atoms with E-state index in [9.17, 15) is 14.4 Å². The van der Waals surface area contributed by atoms with Crippen molar-refractivity contribution in [2.45, 2.75) is 6.42 Å². The first kappa shape index (κ1) is 22.3. The van der Waals surface area contributed by atoms with Gasteiger partial charge in [-0.3, -0.25) is 25.2 Å². The standard InChI is InChI=1S/C23H28N4O4/c1-26(2)12-13-27-15-18(14-22(27)29)23(30)25-24-21(28)16-31-20-11-7-6-10-19(20)17-8-4-3-5-9-17/h3-11,18H,12-16H2,1-2H3,(H,24,28)(H,25,30)/t18-/m1/s1. The van der Waals surface area contributed by atoms with Crippen LogP contribution in [0.3, 0.4) is 0 Å². The summed E-state index contributed by atoms with van der Waals surface area (Å²) in [5.41, 5.74) is 6.63. The summed E-state index contributed by atoms with van der Waals surface area (Å²) in [6, 6.07) is 17.2. The molecule has 3 amide bonds. The van der Waals surface area contributed by atoms with E-state index >= 15 is 0 Å². The molecule has 8 nitrogen and oxygen atoms in total. The highest BCUT2D eigenvalue weighted by Gasteiger charge is 2.34. The lowest BCUT2D eigenvalue weighted by atomic mass is 10.1. The van der Waals surface area contributed by atoms with E-state index in [-0.39, 0.29) is 24.8 Å². The van der Waals surface area contributed by atoms with Crippen molar-refractivity contribution >= 4 is 17.7 Å². The summed E-state index contributed by atoms with van der Waals surface area (Å²) in [6.45, 7) is 1.42. The first-order chi connectivity index (χ1) is 14.9. The second-order valence-corrected chi connectivity index (χ2v) is 7.73. The molecule has 2 aromatic rings. The molecule has 0 radical (unpaired) electrons. The molecule has 0 unspecified atom stereocenters. The SMILES string of the molecule is CN(C)CCN1C[C@H](C(=O)NNC(=O)COc2ccccc2-c2ccccc2)CC1=O. The van der Waals surface area contributed by atoms with Crippen LogP contribution in [-0.2, 0) is 14.4 Å². The van der Waals surface area contributed by atoms with Gasteiger partial charge in [-0.2, -0.15) is 0 Å². The molecule has 31 heavy (non-hydrogen) atoms. The van der Waals surface area contributed by atoms with Crippen LogP contribution in [-0.4, -0.2) is 67.9 Å². The zero-order chi connectivity index (χ0) is 22.2. The molecule has 1 aliphatic rings. The summed E-state index contributed by atoms with van der Waals surface area (Å²) in [4.78, 5) is 40.2. The van der Waals surface area contributed by atoms with Crippen molar-refractivity contribution in [1.82, 2.24) is 20.7 Å². The van der Waals surface area contributed by atoms with Gasteiger partial charge in [0.2, 0.25) is 11.8 Å². The summed E-state index contributed by atoms with van der Waals surface area (Å²) < 4.78 is 5.67. The maximum absolute atomic E-state index is 12.3. The number of hydrazine groups is 1. The molecule has 1 atom stereocenters. The van der Waals surface area contributed by atoms with Gasteiger partial charge in [0, 0.05) is 31.6 Å². The minimum absolute atomic E-state index is 0.0471. The van der Waals surface area contributed by atoms with Crippen molar-refractivity contribution in [2.24, 2.45) is 5.92 Å². The zero-order valence-electron chi connectivity index (χ0n) is 17.8. The van der Waals surface area contributed by atoms with Gasteiger partial charge in [-0.15, -0.1) is 0 Å². The molecule has 2 N–H and O–H groups in total. The van der Waals surface area contributed by atoms with Gasteiger partial charge in [-0.1, -0.05) is 48.5 Å². The van der Waals surface area contributed by atoms with Gasteiger partial charge >= 0.3 is 0 Å². The van der Waals surface area contributed by atoms with Crippen molar-refractivity contribution in [3.05, 3.63) is 54.6 Å². The maximum atomic E-state index is 12.3. The van der Waals surface area contributed by atoms with Crippen LogP contribution in [0.2, 0.25) is 0 Å². The van der Waals surface area contributed by atoms with Crippen LogP contribution in [0.1, 0.15) is 6.42 Å². The number of likely N-dealkylation sites (tertiary alicyclic amines) is 1. The number of rotatable bonds is 8. The Morgan fingerprint density at radius 3 is 2.52 bits per heavy atom. The fourth-order valence-corrected chi connectivity index (χ4v) is 3.35. The smallest absolute Gasteiger partial charge is 0.276 e. The Kier molecular flexibility index (Phi) is 7.61. The van der Waals surface area contributed by atoms with Crippen LogP contribution in [0.4, 0.5) is 0 Å². The van der Waals surface area contributed by atoms with E-state index in [0.29, 0.717) is 18.8 Å². The quantitative estimate of drug-likeness (QED) is 0.623. The Labute approximate surface area is 182 Å². The molecule has 164 valence electrons. The summed E-state index contributed by atoms with van der Waals surface area (Å²) in [7, 11) is 3.86. The van der Waals surface area contributed by atoms with Gasteiger partial charge in [-0.25, -0.2) is 0 Å². The van der Waals surface area contributed by atoms with E-state index < -0.39 is 11.8 Å². The fraction of sp³-hybridized carbons (Fsp3) is 0.348. The molecule has 0 bridgehead atoms. The Hall–Kier alpha value is -3.39. The predicted octanol–water partition coefficient (Wildman–Crippen LogP) is 1.29. The van der Waals surface area contributed by atoms with Gasteiger partial charge in [0.05, 0.1) is 5.92 Å². The van der Waals surface area contributed by atoms with E-state index in [0.717, 1.165) is 17.7 Å². The zero-order valence-corrected chi connectivity index (χ0v) is 17.8. The fourth-order valence-electron chi connectivity index (χ4n) is 3.35. The molecule has 0 spiro atoms. The predicted molar refractivity (Wildman–Crippen MR) is 117 cm³/mol. The monoisotopic (exact) mass is 424 g/mol. The highest BCUT2D eigenvalue weighted by Crippen LogP contribution is 2.29. The largest absolute Gasteiger partial charge is 0.483 e. The Bertz CT molecular complexity index is 917. The number of carbonyl (C=O) groups excluding carboxylic acids is 3. The lowest BCUT2D eigenvalue weighted by Crippen LogP contribution is -2.46. The third kappa shape index (κ3) is 6.29. The molecule has 1 heterocycles. The number of benzene rings is 2. The molecule has 0 aromatic heterocycles. The average molecular weight is 425 g/mol. The molecule has 2 aromatic carbocycles. The highest BCUT2D eigenvalue weighted by molar-refractivity contribution is 5.90. The molecular formula is C23H28N4O4. The molecule has 3 rings (SSSR count). The average Bonchev–Trinajstić information content (AvgIpc) is 3.16. The number of carbonyl (C=O) groups is 3. The summed E-state index contributed by atoms with van der Waals surface area (Å²) in [5.74, 6) is -0.805. The van der Waals surface area contributed by atoms with Gasteiger partial charge in [0.15, 0.2) is 6.61 Å². The van der Waals surface area contributed by atoms with Crippen molar-refractivity contribution in [2.75, 3.05) is 40.3 Å². The van der Waals surface area contributed by atoms with Crippen molar-refractivity contribution < 1.29 is 19.1 Å². The maximum Gasteiger partial charge on any atom is 0.276 e. The third-order valence-corrected chi connectivity index (χ3v) is 5.06. The number of nitrogens with one attached hydrogen (secondary N) is 2. The van der Waals surface area contributed by atoms with E-state index in [1.807, 2.05) is 67.5 Å². The Morgan fingerprint density at radius 2 is 1.77 bits per heavy atom. The van der Waals surface area contributed by atoms with E-state index in [2.05, 4.69) is 10.9 Å². The lowest BCUT2D eigenvalue weighted by molar-refractivity contribution is -0.132. The number of likely N-dealkylation sites (N-methyl/N-ethyl adjacent to an activating group) is 1. The van der Waals surface area contributed by atoms with Crippen molar-refractivity contribution in [3.8, 4) is 16.9 Å². The van der Waals surface area contributed by atoms with Gasteiger partial charge in [-0.05, 0) is 25.7 Å². The van der Waals surface area contributed by atoms with E-state index in [4.69, 9.17) is 4.74 Å².